The van der Waals surface area contributed by atoms with Crippen molar-refractivity contribution >= 4 is 5.91 Å². The highest BCUT2D eigenvalue weighted by Gasteiger charge is 2.12. The van der Waals surface area contributed by atoms with E-state index in [4.69, 9.17) is 10.00 Å². The number of amides is 1. The summed E-state index contributed by atoms with van der Waals surface area (Å²) in [5, 5.41) is 14.8. The molecule has 0 radical (unpaired) electrons. The number of morpholine rings is 1. The second kappa shape index (κ2) is 10.4. The highest BCUT2D eigenvalue weighted by atomic mass is 19.1. The van der Waals surface area contributed by atoms with E-state index >= 15 is 0 Å². The first-order valence-corrected chi connectivity index (χ1v) is 8.35. The maximum atomic E-state index is 13.1. The van der Waals surface area contributed by atoms with E-state index in [1.54, 1.807) is 6.07 Å². The van der Waals surface area contributed by atoms with E-state index in [0.29, 0.717) is 32.7 Å². The molecule has 0 aliphatic carbocycles. The molecule has 1 aliphatic heterocycles. The highest BCUT2D eigenvalue weighted by Crippen LogP contribution is 2.03. The fourth-order valence-corrected chi connectivity index (χ4v) is 2.48. The van der Waals surface area contributed by atoms with Gasteiger partial charge in [-0.05, 0) is 24.1 Å². The summed E-state index contributed by atoms with van der Waals surface area (Å²) in [5.41, 5.74) is 0.885. The van der Waals surface area contributed by atoms with Gasteiger partial charge in [0.15, 0.2) is 0 Å². The number of nitrogens with zero attached hydrogens (tertiary/aromatic N) is 2. The summed E-state index contributed by atoms with van der Waals surface area (Å²) >= 11 is 0. The van der Waals surface area contributed by atoms with Crippen LogP contribution in [-0.2, 0) is 16.0 Å². The summed E-state index contributed by atoms with van der Waals surface area (Å²) in [4.78, 5) is 14.2. The minimum absolute atomic E-state index is 0.0289. The largest absolute Gasteiger partial charge is 0.389 e. The monoisotopic (exact) mass is 346 g/mol. The Morgan fingerprint density at radius 1 is 1.36 bits per heavy atom. The lowest BCUT2D eigenvalue weighted by Gasteiger charge is -2.26. The summed E-state index contributed by atoms with van der Waals surface area (Å²) in [6, 6.07) is 8.24. The lowest BCUT2D eigenvalue weighted by Crippen LogP contribution is -2.41. The molecule has 1 heterocycles. The van der Waals surface area contributed by atoms with Crippen LogP contribution in [-0.4, -0.2) is 56.7 Å². The average molecular weight is 346 g/mol. The maximum Gasteiger partial charge on any atom is 0.263 e. The Morgan fingerprint density at radius 3 is 2.88 bits per heavy atom. The summed E-state index contributed by atoms with van der Waals surface area (Å²) in [6.07, 6.45) is 2.01. The Balaban J connectivity index is 1.69. The number of rotatable bonds is 8. The van der Waals surface area contributed by atoms with Crippen molar-refractivity contribution in [3.8, 4) is 6.07 Å². The van der Waals surface area contributed by atoms with E-state index in [1.165, 1.54) is 18.3 Å². The molecule has 134 valence electrons. The molecule has 1 aliphatic rings. The van der Waals surface area contributed by atoms with Gasteiger partial charge in [-0.1, -0.05) is 12.1 Å². The van der Waals surface area contributed by atoms with Gasteiger partial charge in [0, 0.05) is 38.9 Å². The number of hydrogen-bond acceptors (Lipinski definition) is 5. The van der Waals surface area contributed by atoms with Crippen molar-refractivity contribution in [3.05, 3.63) is 47.4 Å². The van der Waals surface area contributed by atoms with E-state index in [1.807, 2.05) is 12.1 Å². The number of nitriles is 1. The minimum Gasteiger partial charge on any atom is -0.389 e. The van der Waals surface area contributed by atoms with E-state index < -0.39 is 5.91 Å². The first-order chi connectivity index (χ1) is 12.2. The van der Waals surface area contributed by atoms with Gasteiger partial charge in [0.2, 0.25) is 0 Å². The van der Waals surface area contributed by atoms with Crippen LogP contribution in [0.3, 0.4) is 0 Å². The van der Waals surface area contributed by atoms with Gasteiger partial charge in [-0.2, -0.15) is 5.26 Å². The van der Waals surface area contributed by atoms with Crippen molar-refractivity contribution < 1.29 is 13.9 Å². The second-order valence-electron chi connectivity index (χ2n) is 5.71. The third kappa shape index (κ3) is 6.91. The zero-order valence-corrected chi connectivity index (χ0v) is 14.1. The average Bonchev–Trinajstić information content (AvgIpc) is 2.62. The number of benzene rings is 1. The number of ether oxygens (including phenoxy) is 1. The molecule has 2 rings (SSSR count). The number of hydrogen-bond donors (Lipinski definition) is 2. The van der Waals surface area contributed by atoms with E-state index in [9.17, 15) is 9.18 Å². The SMILES string of the molecule is N#C/C(=C/NCCc1cccc(F)c1)C(=O)NCCN1CCOCC1. The summed E-state index contributed by atoms with van der Waals surface area (Å²) in [7, 11) is 0. The molecule has 25 heavy (non-hydrogen) atoms. The molecular weight excluding hydrogens is 323 g/mol. The molecule has 1 aromatic carbocycles. The smallest absolute Gasteiger partial charge is 0.263 e. The van der Waals surface area contributed by atoms with Gasteiger partial charge in [-0.25, -0.2) is 4.39 Å². The number of nitrogens with one attached hydrogen (secondary N) is 2. The molecule has 1 aromatic rings. The van der Waals surface area contributed by atoms with Gasteiger partial charge >= 0.3 is 0 Å². The van der Waals surface area contributed by atoms with Crippen LogP contribution in [0.15, 0.2) is 36.0 Å². The van der Waals surface area contributed by atoms with Gasteiger partial charge < -0.3 is 15.4 Å². The van der Waals surface area contributed by atoms with Crippen LogP contribution in [0, 0.1) is 17.1 Å². The fraction of sp³-hybridized carbons (Fsp3) is 0.444. The quantitative estimate of drug-likeness (QED) is 0.414. The third-order valence-electron chi connectivity index (χ3n) is 3.88. The Morgan fingerprint density at radius 2 is 2.16 bits per heavy atom. The number of carbonyl (C=O) groups is 1. The van der Waals surface area contributed by atoms with Gasteiger partial charge in [0.05, 0.1) is 13.2 Å². The predicted molar refractivity (Wildman–Crippen MR) is 92.1 cm³/mol. The summed E-state index contributed by atoms with van der Waals surface area (Å²) in [5.74, 6) is -0.667. The topological polar surface area (TPSA) is 77.4 Å². The molecule has 7 heteroatoms. The Bertz CT molecular complexity index is 636. The fourth-order valence-electron chi connectivity index (χ4n) is 2.48. The number of halogens is 1. The van der Waals surface area contributed by atoms with Crippen LogP contribution in [0.2, 0.25) is 0 Å². The first-order valence-electron chi connectivity index (χ1n) is 8.35. The van der Waals surface area contributed by atoms with Gasteiger partial charge in [-0.3, -0.25) is 9.69 Å². The molecule has 0 bridgehead atoms. The van der Waals surface area contributed by atoms with Crippen molar-refractivity contribution in [1.82, 2.24) is 15.5 Å². The van der Waals surface area contributed by atoms with Gasteiger partial charge in [0.1, 0.15) is 17.5 Å². The molecule has 0 atom stereocenters. The molecule has 0 saturated carbocycles. The van der Waals surface area contributed by atoms with E-state index in [0.717, 1.165) is 25.2 Å². The Hall–Kier alpha value is -2.43. The molecule has 1 saturated heterocycles. The van der Waals surface area contributed by atoms with Crippen LogP contribution in [0.5, 0.6) is 0 Å². The van der Waals surface area contributed by atoms with Crippen LogP contribution in [0.4, 0.5) is 4.39 Å². The molecular formula is C18H23FN4O2. The molecule has 0 aromatic heterocycles. The van der Waals surface area contributed by atoms with Gasteiger partial charge in [0.25, 0.3) is 5.91 Å². The molecule has 1 amide bonds. The van der Waals surface area contributed by atoms with Crippen molar-refractivity contribution in [2.45, 2.75) is 6.42 Å². The molecule has 2 N–H and O–H groups in total. The van der Waals surface area contributed by atoms with Crippen molar-refractivity contribution in [3.63, 3.8) is 0 Å². The summed E-state index contributed by atoms with van der Waals surface area (Å²) in [6.45, 7) is 4.88. The lowest BCUT2D eigenvalue weighted by atomic mass is 10.1. The zero-order valence-electron chi connectivity index (χ0n) is 14.1. The zero-order chi connectivity index (χ0) is 17.9. The van der Waals surface area contributed by atoms with Crippen LogP contribution in [0.1, 0.15) is 5.56 Å². The van der Waals surface area contributed by atoms with E-state index in [-0.39, 0.29) is 11.4 Å². The molecule has 0 unspecified atom stereocenters. The maximum absolute atomic E-state index is 13.1. The van der Waals surface area contributed by atoms with Crippen LogP contribution < -0.4 is 10.6 Å². The van der Waals surface area contributed by atoms with E-state index in [2.05, 4.69) is 15.5 Å². The predicted octanol–water partition coefficient (Wildman–Crippen LogP) is 0.814. The normalized spacial score (nSPS) is 15.4. The van der Waals surface area contributed by atoms with Crippen LogP contribution in [0.25, 0.3) is 0 Å². The Kier molecular flexibility index (Phi) is 7.89. The molecule has 1 fully saturated rings. The summed E-state index contributed by atoms with van der Waals surface area (Å²) < 4.78 is 18.3. The molecule has 6 nitrogen and oxygen atoms in total. The lowest BCUT2D eigenvalue weighted by molar-refractivity contribution is -0.117. The third-order valence-corrected chi connectivity index (χ3v) is 3.88. The van der Waals surface area contributed by atoms with Crippen molar-refractivity contribution in [2.24, 2.45) is 0 Å². The standard InChI is InChI=1S/C18H23FN4O2/c19-17-3-1-2-15(12-17)4-5-21-14-16(13-20)18(24)22-6-7-23-8-10-25-11-9-23/h1-3,12,14,21H,4-11H2,(H,22,24)/b16-14-. The first kappa shape index (κ1) is 18.9. The van der Waals surface area contributed by atoms with Gasteiger partial charge in [-0.15, -0.1) is 0 Å². The number of carbonyl (C=O) groups excluding carboxylic acids is 1. The second-order valence-corrected chi connectivity index (χ2v) is 5.71. The van der Waals surface area contributed by atoms with Crippen LogP contribution >= 0.6 is 0 Å². The Labute approximate surface area is 147 Å². The molecule has 0 spiro atoms. The minimum atomic E-state index is -0.394. The highest BCUT2D eigenvalue weighted by molar-refractivity contribution is 5.97. The van der Waals surface area contributed by atoms with Crippen molar-refractivity contribution in [1.29, 1.82) is 5.26 Å². The van der Waals surface area contributed by atoms with Crippen molar-refractivity contribution in [2.75, 3.05) is 45.9 Å².